The Bertz CT molecular complexity index is 782. The standard InChI is InChI=1S/C21H24ClN3O/c22-19-7-2-1-6-18(19)15-24-12-9-21(16-24)8-4-11-25(20(21)26)14-17-5-3-10-23-13-17/h1-3,5-7,10,13H,4,8-9,11-12,14-16H2/t21-/m0/s1. The van der Waals surface area contributed by atoms with Crippen LogP contribution in [0.3, 0.4) is 0 Å². The summed E-state index contributed by atoms with van der Waals surface area (Å²) in [5, 5.41) is 0.807. The summed E-state index contributed by atoms with van der Waals surface area (Å²) in [4.78, 5) is 21.9. The molecule has 0 saturated carbocycles. The van der Waals surface area contributed by atoms with Crippen molar-refractivity contribution < 1.29 is 4.79 Å². The van der Waals surface area contributed by atoms with Gasteiger partial charge >= 0.3 is 0 Å². The summed E-state index contributed by atoms with van der Waals surface area (Å²) in [5.74, 6) is 0.314. The number of hydrogen-bond acceptors (Lipinski definition) is 3. The molecular formula is C21H24ClN3O. The van der Waals surface area contributed by atoms with E-state index in [2.05, 4.69) is 16.0 Å². The van der Waals surface area contributed by atoms with E-state index in [0.717, 1.165) is 61.6 Å². The zero-order valence-electron chi connectivity index (χ0n) is 14.9. The fraction of sp³-hybridized carbons (Fsp3) is 0.429. The Hall–Kier alpha value is -1.91. The maximum absolute atomic E-state index is 13.3. The van der Waals surface area contributed by atoms with Crippen molar-refractivity contribution in [3.8, 4) is 0 Å². The van der Waals surface area contributed by atoms with Crippen molar-refractivity contribution in [3.63, 3.8) is 0 Å². The second-order valence-corrected chi connectivity index (χ2v) is 7.93. The monoisotopic (exact) mass is 369 g/mol. The van der Waals surface area contributed by atoms with Gasteiger partial charge in [-0.05, 0) is 49.1 Å². The summed E-state index contributed by atoms with van der Waals surface area (Å²) in [6.07, 6.45) is 6.64. The van der Waals surface area contributed by atoms with Gasteiger partial charge in [-0.2, -0.15) is 0 Å². The summed E-state index contributed by atoms with van der Waals surface area (Å²) in [7, 11) is 0. The Morgan fingerprint density at radius 3 is 2.77 bits per heavy atom. The fourth-order valence-electron chi connectivity index (χ4n) is 4.35. The van der Waals surface area contributed by atoms with Gasteiger partial charge in [0.15, 0.2) is 0 Å². The molecule has 1 amide bonds. The lowest BCUT2D eigenvalue weighted by molar-refractivity contribution is -0.146. The third-order valence-electron chi connectivity index (χ3n) is 5.71. The number of amides is 1. The number of pyridine rings is 1. The van der Waals surface area contributed by atoms with Gasteiger partial charge in [-0.3, -0.25) is 14.7 Å². The van der Waals surface area contributed by atoms with Crippen molar-refractivity contribution in [2.75, 3.05) is 19.6 Å². The highest BCUT2D eigenvalue weighted by Crippen LogP contribution is 2.41. The van der Waals surface area contributed by atoms with Crippen molar-refractivity contribution >= 4 is 17.5 Å². The predicted octanol–water partition coefficient (Wildman–Crippen LogP) is 3.75. The molecule has 0 unspecified atom stereocenters. The highest BCUT2D eigenvalue weighted by atomic mass is 35.5. The summed E-state index contributed by atoms with van der Waals surface area (Å²) in [5.41, 5.74) is 2.02. The van der Waals surface area contributed by atoms with Gasteiger partial charge < -0.3 is 4.90 Å². The van der Waals surface area contributed by atoms with E-state index in [1.807, 2.05) is 41.4 Å². The lowest BCUT2D eigenvalue weighted by Gasteiger charge is -2.39. The van der Waals surface area contributed by atoms with E-state index < -0.39 is 0 Å². The smallest absolute Gasteiger partial charge is 0.230 e. The first-order valence-corrected chi connectivity index (χ1v) is 9.68. The van der Waals surface area contributed by atoms with Crippen LogP contribution in [0, 0.1) is 5.41 Å². The second-order valence-electron chi connectivity index (χ2n) is 7.52. The van der Waals surface area contributed by atoms with Crippen LogP contribution in [0.1, 0.15) is 30.4 Å². The average Bonchev–Trinajstić information content (AvgIpc) is 3.06. The first-order chi connectivity index (χ1) is 12.7. The van der Waals surface area contributed by atoms with Crippen molar-refractivity contribution in [3.05, 3.63) is 64.9 Å². The number of likely N-dealkylation sites (tertiary alicyclic amines) is 2. The second kappa shape index (κ2) is 7.37. The van der Waals surface area contributed by atoms with E-state index in [-0.39, 0.29) is 5.41 Å². The minimum Gasteiger partial charge on any atom is -0.338 e. The van der Waals surface area contributed by atoms with E-state index in [4.69, 9.17) is 11.6 Å². The number of rotatable bonds is 4. The van der Waals surface area contributed by atoms with Gasteiger partial charge in [-0.25, -0.2) is 0 Å². The van der Waals surface area contributed by atoms with Crippen LogP contribution in [0.4, 0.5) is 0 Å². The molecule has 2 saturated heterocycles. The molecule has 1 atom stereocenters. The van der Waals surface area contributed by atoms with Gasteiger partial charge in [0.25, 0.3) is 0 Å². The maximum atomic E-state index is 13.3. The number of nitrogens with zero attached hydrogens (tertiary/aromatic N) is 3. The SMILES string of the molecule is O=C1N(Cc2cccnc2)CCC[C@@]12CCN(Cc1ccccc1Cl)C2. The summed E-state index contributed by atoms with van der Waals surface area (Å²) in [6.45, 7) is 4.12. The van der Waals surface area contributed by atoms with Crippen molar-refractivity contribution in [2.45, 2.75) is 32.4 Å². The molecule has 2 aromatic rings. The molecule has 3 heterocycles. The molecule has 5 heteroatoms. The van der Waals surface area contributed by atoms with Gasteiger partial charge in [0.2, 0.25) is 5.91 Å². The number of aromatic nitrogens is 1. The van der Waals surface area contributed by atoms with E-state index in [1.165, 1.54) is 0 Å². The van der Waals surface area contributed by atoms with Crippen molar-refractivity contribution in [2.24, 2.45) is 5.41 Å². The van der Waals surface area contributed by atoms with Gasteiger partial charge in [0.05, 0.1) is 5.41 Å². The Balaban J connectivity index is 1.45. The Labute approximate surface area is 159 Å². The molecule has 0 N–H and O–H groups in total. The van der Waals surface area contributed by atoms with Crippen LogP contribution in [0.5, 0.6) is 0 Å². The molecule has 1 aromatic heterocycles. The number of carbonyl (C=O) groups excluding carboxylic acids is 1. The molecule has 4 rings (SSSR count). The van der Waals surface area contributed by atoms with Gasteiger partial charge in [-0.15, -0.1) is 0 Å². The Morgan fingerprint density at radius 1 is 1.08 bits per heavy atom. The molecule has 2 aliphatic rings. The first kappa shape index (κ1) is 17.5. The summed E-state index contributed by atoms with van der Waals surface area (Å²) < 4.78 is 0. The van der Waals surface area contributed by atoms with Crippen LogP contribution in [-0.2, 0) is 17.9 Å². The highest BCUT2D eigenvalue weighted by molar-refractivity contribution is 6.31. The molecular weight excluding hydrogens is 346 g/mol. The zero-order chi connectivity index (χ0) is 18.0. The third-order valence-corrected chi connectivity index (χ3v) is 6.07. The molecule has 0 radical (unpaired) electrons. The Kier molecular flexibility index (Phi) is 4.96. The molecule has 136 valence electrons. The van der Waals surface area contributed by atoms with E-state index in [9.17, 15) is 4.79 Å². The van der Waals surface area contributed by atoms with Crippen LogP contribution >= 0.6 is 11.6 Å². The molecule has 2 aliphatic heterocycles. The van der Waals surface area contributed by atoms with Crippen molar-refractivity contribution in [1.29, 1.82) is 0 Å². The number of halogens is 1. The summed E-state index contributed by atoms with van der Waals surface area (Å²) >= 11 is 6.31. The van der Waals surface area contributed by atoms with Crippen LogP contribution in [-0.4, -0.2) is 40.3 Å². The fourth-order valence-corrected chi connectivity index (χ4v) is 4.55. The number of hydrogen-bond donors (Lipinski definition) is 0. The van der Waals surface area contributed by atoms with Crippen LogP contribution in [0.2, 0.25) is 5.02 Å². The molecule has 26 heavy (non-hydrogen) atoms. The molecule has 0 bridgehead atoms. The van der Waals surface area contributed by atoms with Crippen LogP contribution < -0.4 is 0 Å². The maximum Gasteiger partial charge on any atom is 0.230 e. The molecule has 1 spiro atoms. The van der Waals surface area contributed by atoms with Gasteiger partial charge in [0.1, 0.15) is 0 Å². The minimum absolute atomic E-state index is 0.221. The Morgan fingerprint density at radius 2 is 1.96 bits per heavy atom. The van der Waals surface area contributed by atoms with E-state index >= 15 is 0 Å². The van der Waals surface area contributed by atoms with E-state index in [1.54, 1.807) is 6.20 Å². The van der Waals surface area contributed by atoms with Crippen molar-refractivity contribution in [1.82, 2.24) is 14.8 Å². The highest BCUT2D eigenvalue weighted by Gasteiger charge is 2.48. The predicted molar refractivity (Wildman–Crippen MR) is 103 cm³/mol. The van der Waals surface area contributed by atoms with Gasteiger partial charge in [-0.1, -0.05) is 35.9 Å². The van der Waals surface area contributed by atoms with Crippen LogP contribution in [0.15, 0.2) is 48.8 Å². The number of piperidine rings is 1. The zero-order valence-corrected chi connectivity index (χ0v) is 15.7. The minimum atomic E-state index is -0.221. The topological polar surface area (TPSA) is 36.4 Å². The van der Waals surface area contributed by atoms with Gasteiger partial charge in [0, 0.05) is 43.6 Å². The molecule has 2 fully saturated rings. The first-order valence-electron chi connectivity index (χ1n) is 9.30. The largest absolute Gasteiger partial charge is 0.338 e. The lowest BCUT2D eigenvalue weighted by Crippen LogP contribution is -2.49. The normalized spacial score (nSPS) is 23.7. The number of benzene rings is 1. The quantitative estimate of drug-likeness (QED) is 0.823. The average molecular weight is 370 g/mol. The lowest BCUT2D eigenvalue weighted by atomic mass is 9.78. The molecule has 1 aromatic carbocycles. The molecule has 4 nitrogen and oxygen atoms in total. The molecule has 0 aliphatic carbocycles. The van der Waals surface area contributed by atoms with Crippen LogP contribution in [0.25, 0.3) is 0 Å². The number of carbonyl (C=O) groups is 1. The van der Waals surface area contributed by atoms with E-state index in [0.29, 0.717) is 12.5 Å². The third kappa shape index (κ3) is 3.49. The summed E-state index contributed by atoms with van der Waals surface area (Å²) in [6, 6.07) is 12.0.